The molecule has 0 N–H and O–H groups in total. The summed E-state index contributed by atoms with van der Waals surface area (Å²) in [5.74, 6) is 0. The van der Waals surface area contributed by atoms with Gasteiger partial charge in [0.2, 0.25) is 0 Å². The molecule has 0 radical (unpaired) electrons. The Morgan fingerprint density at radius 1 is 0.941 bits per heavy atom. The molecule has 0 unspecified atom stereocenters. The number of rotatable bonds is 3. The summed E-state index contributed by atoms with van der Waals surface area (Å²) in [4.78, 5) is 0. The van der Waals surface area contributed by atoms with Crippen LogP contribution in [-0.4, -0.2) is 0 Å². The Morgan fingerprint density at radius 2 is 1.59 bits per heavy atom. The predicted molar refractivity (Wildman–Crippen MR) is 75.8 cm³/mol. The quantitative estimate of drug-likeness (QED) is 0.654. The lowest BCUT2D eigenvalue weighted by Gasteiger charge is -2.02. The van der Waals surface area contributed by atoms with Crippen LogP contribution in [0.15, 0.2) is 54.6 Å². The Bertz CT molecular complexity index is 489. The largest absolute Gasteiger partial charge is 0.0622 e. The van der Waals surface area contributed by atoms with Gasteiger partial charge in [-0.05, 0) is 35.6 Å². The fourth-order valence-corrected chi connectivity index (χ4v) is 1.88. The van der Waals surface area contributed by atoms with E-state index in [9.17, 15) is 0 Å². The second-order valence-electron chi connectivity index (χ2n) is 4.29. The molecule has 0 nitrogen and oxygen atoms in total. The molecule has 2 rings (SSSR count). The van der Waals surface area contributed by atoms with Crippen LogP contribution in [-0.2, 0) is 6.42 Å². The molecule has 0 atom stereocenters. The average molecular weight is 222 g/mol. The maximum Gasteiger partial charge on any atom is -0.0227 e. The van der Waals surface area contributed by atoms with Crippen molar-refractivity contribution in [3.8, 4) is 0 Å². The summed E-state index contributed by atoms with van der Waals surface area (Å²) in [5.41, 5.74) is 5.24. The fraction of sp³-hybridized carbons (Fsp3) is 0.176. The minimum Gasteiger partial charge on any atom is -0.0622 e. The molecule has 0 fully saturated rings. The van der Waals surface area contributed by atoms with Gasteiger partial charge in [0.15, 0.2) is 0 Å². The average Bonchev–Trinajstić information content (AvgIpc) is 2.40. The van der Waals surface area contributed by atoms with Crippen LogP contribution in [0.1, 0.15) is 30.5 Å². The van der Waals surface area contributed by atoms with E-state index in [-0.39, 0.29) is 0 Å². The zero-order valence-corrected chi connectivity index (χ0v) is 10.5. The number of benzene rings is 2. The molecule has 0 heterocycles. The van der Waals surface area contributed by atoms with E-state index in [0.29, 0.717) is 0 Å². The first kappa shape index (κ1) is 11.7. The van der Waals surface area contributed by atoms with Gasteiger partial charge in [-0.1, -0.05) is 67.6 Å². The summed E-state index contributed by atoms with van der Waals surface area (Å²) in [6.07, 6.45) is 3.33. The Labute approximate surface area is 104 Å². The monoisotopic (exact) mass is 222 g/mol. The summed E-state index contributed by atoms with van der Waals surface area (Å²) in [6.45, 7) is 4.34. The van der Waals surface area contributed by atoms with Crippen LogP contribution in [0.5, 0.6) is 0 Å². The normalized spacial score (nSPS) is 11.5. The number of allylic oxidation sites excluding steroid dienone is 1. The first-order chi connectivity index (χ1) is 8.29. The molecule has 2 aromatic carbocycles. The minimum absolute atomic E-state index is 1.10. The van der Waals surface area contributed by atoms with Crippen molar-refractivity contribution in [2.24, 2.45) is 0 Å². The van der Waals surface area contributed by atoms with Crippen LogP contribution in [0.2, 0.25) is 0 Å². The third-order valence-electron chi connectivity index (χ3n) is 3.00. The van der Waals surface area contributed by atoms with E-state index in [2.05, 4.69) is 68.5 Å². The van der Waals surface area contributed by atoms with Crippen molar-refractivity contribution < 1.29 is 0 Å². The molecule has 17 heavy (non-hydrogen) atoms. The van der Waals surface area contributed by atoms with Crippen molar-refractivity contribution in [1.29, 1.82) is 0 Å². The Hall–Kier alpha value is -1.82. The maximum atomic E-state index is 2.23. The lowest BCUT2D eigenvalue weighted by molar-refractivity contribution is 1.14. The van der Waals surface area contributed by atoms with Gasteiger partial charge >= 0.3 is 0 Å². The molecule has 86 valence electrons. The van der Waals surface area contributed by atoms with E-state index in [1.54, 1.807) is 0 Å². The van der Waals surface area contributed by atoms with Crippen LogP contribution >= 0.6 is 0 Å². The van der Waals surface area contributed by atoms with E-state index < -0.39 is 0 Å². The van der Waals surface area contributed by atoms with Gasteiger partial charge in [-0.2, -0.15) is 0 Å². The first-order valence-electron chi connectivity index (χ1n) is 6.12. The third-order valence-corrected chi connectivity index (χ3v) is 3.00. The zero-order chi connectivity index (χ0) is 12.1. The number of hydrogen-bond donors (Lipinski definition) is 0. The van der Waals surface area contributed by atoms with Crippen LogP contribution in [0.25, 0.3) is 11.6 Å². The van der Waals surface area contributed by atoms with Crippen molar-refractivity contribution in [2.45, 2.75) is 20.3 Å². The Balaban J connectivity index is 2.23. The minimum atomic E-state index is 1.10. The highest BCUT2D eigenvalue weighted by molar-refractivity contribution is 5.80. The highest BCUT2D eigenvalue weighted by Crippen LogP contribution is 2.17. The molecule has 0 saturated carbocycles. The second kappa shape index (κ2) is 5.49. The van der Waals surface area contributed by atoms with Gasteiger partial charge in [0.1, 0.15) is 0 Å². The lowest BCUT2D eigenvalue weighted by Crippen LogP contribution is -1.81. The molecule has 0 aliphatic carbocycles. The highest BCUT2D eigenvalue weighted by Gasteiger charge is 1.95. The molecular weight excluding hydrogens is 204 g/mol. The summed E-state index contributed by atoms with van der Waals surface area (Å²) in [6, 6.07) is 19.3. The summed E-state index contributed by atoms with van der Waals surface area (Å²) >= 11 is 0. The van der Waals surface area contributed by atoms with Gasteiger partial charge in [-0.3, -0.25) is 0 Å². The van der Waals surface area contributed by atoms with Gasteiger partial charge in [-0.15, -0.1) is 0 Å². The Kier molecular flexibility index (Phi) is 3.77. The van der Waals surface area contributed by atoms with Crippen LogP contribution in [0.4, 0.5) is 0 Å². The molecule has 0 bridgehead atoms. The van der Waals surface area contributed by atoms with Crippen LogP contribution in [0.3, 0.4) is 0 Å². The van der Waals surface area contributed by atoms with E-state index in [4.69, 9.17) is 0 Å². The lowest BCUT2D eigenvalue weighted by atomic mass is 10.0. The van der Waals surface area contributed by atoms with Crippen LogP contribution < -0.4 is 0 Å². The fourth-order valence-electron chi connectivity index (χ4n) is 1.88. The van der Waals surface area contributed by atoms with Gasteiger partial charge in [0.05, 0.1) is 0 Å². The maximum absolute atomic E-state index is 2.23. The van der Waals surface area contributed by atoms with Crippen molar-refractivity contribution >= 4 is 11.6 Å². The van der Waals surface area contributed by atoms with Gasteiger partial charge < -0.3 is 0 Å². The van der Waals surface area contributed by atoms with Gasteiger partial charge in [0.25, 0.3) is 0 Å². The molecule has 0 aliphatic heterocycles. The van der Waals surface area contributed by atoms with Crippen molar-refractivity contribution in [3.63, 3.8) is 0 Å². The zero-order valence-electron chi connectivity index (χ0n) is 10.5. The first-order valence-corrected chi connectivity index (χ1v) is 6.12. The van der Waals surface area contributed by atoms with Crippen LogP contribution in [0, 0.1) is 0 Å². The smallest absolute Gasteiger partial charge is 0.0227 e. The van der Waals surface area contributed by atoms with E-state index in [1.807, 2.05) is 6.07 Å². The summed E-state index contributed by atoms with van der Waals surface area (Å²) < 4.78 is 0. The topological polar surface area (TPSA) is 0 Å². The van der Waals surface area contributed by atoms with Gasteiger partial charge in [-0.25, -0.2) is 0 Å². The standard InChI is InChI=1S/C17H18/c1-3-15-9-11-16(12-10-15)13-14(2)17-7-5-4-6-8-17/h4-13H,3H2,1-2H3. The molecule has 0 heteroatoms. The van der Waals surface area contributed by atoms with E-state index >= 15 is 0 Å². The van der Waals surface area contributed by atoms with Crippen molar-refractivity contribution in [3.05, 3.63) is 71.3 Å². The molecular formula is C17H18. The van der Waals surface area contributed by atoms with E-state index in [0.717, 1.165) is 6.42 Å². The molecule has 0 spiro atoms. The summed E-state index contributed by atoms with van der Waals surface area (Å²) in [7, 11) is 0. The van der Waals surface area contributed by atoms with Crippen molar-refractivity contribution in [2.75, 3.05) is 0 Å². The van der Waals surface area contributed by atoms with Crippen molar-refractivity contribution in [1.82, 2.24) is 0 Å². The number of aryl methyl sites for hydroxylation is 1. The summed E-state index contributed by atoms with van der Waals surface area (Å²) in [5, 5.41) is 0. The predicted octanol–water partition coefficient (Wildman–Crippen LogP) is 4.81. The number of hydrogen-bond acceptors (Lipinski definition) is 0. The molecule has 2 aromatic rings. The Morgan fingerprint density at radius 3 is 2.18 bits per heavy atom. The SMILES string of the molecule is CCc1ccc(C=C(C)c2ccccc2)cc1. The highest BCUT2D eigenvalue weighted by atomic mass is 14.0. The van der Waals surface area contributed by atoms with Gasteiger partial charge in [0, 0.05) is 0 Å². The molecule has 0 amide bonds. The molecule has 0 aliphatic rings. The third kappa shape index (κ3) is 3.07. The molecule has 0 saturated heterocycles. The van der Waals surface area contributed by atoms with E-state index in [1.165, 1.54) is 22.3 Å². The molecule has 0 aromatic heterocycles. The second-order valence-corrected chi connectivity index (χ2v) is 4.29.